The zero-order valence-corrected chi connectivity index (χ0v) is 13.8. The Morgan fingerprint density at radius 3 is 2.71 bits per heavy atom. The van der Waals surface area contributed by atoms with Gasteiger partial charge in [0, 0.05) is 23.0 Å². The third kappa shape index (κ3) is 2.81. The molecule has 0 saturated carbocycles. The third-order valence-corrected chi connectivity index (χ3v) is 4.69. The molecule has 0 unspecified atom stereocenters. The monoisotopic (exact) mass is 333 g/mol. The van der Waals surface area contributed by atoms with Crippen LogP contribution in [0.5, 0.6) is 5.88 Å². The van der Waals surface area contributed by atoms with E-state index in [9.17, 15) is 5.11 Å². The minimum Gasteiger partial charge on any atom is -0.492 e. The van der Waals surface area contributed by atoms with Gasteiger partial charge in [0.2, 0.25) is 5.88 Å². The van der Waals surface area contributed by atoms with Crippen molar-refractivity contribution in [2.75, 3.05) is 5.32 Å². The number of aromatic nitrogens is 1. The lowest BCUT2D eigenvalue weighted by Crippen LogP contribution is -1.88. The van der Waals surface area contributed by atoms with Crippen molar-refractivity contribution in [3.8, 4) is 5.88 Å². The summed E-state index contributed by atoms with van der Waals surface area (Å²) in [6, 6.07) is 16.0. The summed E-state index contributed by atoms with van der Waals surface area (Å²) < 4.78 is 0. The van der Waals surface area contributed by atoms with Crippen LogP contribution in [0.4, 0.5) is 16.5 Å². The fourth-order valence-corrected chi connectivity index (χ4v) is 3.36. The number of anilines is 2. The Bertz CT molecular complexity index is 955. The SMILES string of the molecule is Cc1ccc(Nc2nc(O)c(C=C3C=Nc4ccccc43)s2)cc1. The van der Waals surface area contributed by atoms with Crippen molar-refractivity contribution in [1.82, 2.24) is 4.98 Å². The fraction of sp³-hybridized carbons (Fsp3) is 0.0526. The van der Waals surface area contributed by atoms with Gasteiger partial charge in [-0.1, -0.05) is 47.2 Å². The maximum Gasteiger partial charge on any atom is 0.231 e. The minimum absolute atomic E-state index is 0.0277. The van der Waals surface area contributed by atoms with Gasteiger partial charge < -0.3 is 10.4 Å². The third-order valence-electron chi connectivity index (χ3n) is 3.78. The molecule has 0 fully saturated rings. The molecule has 1 aliphatic rings. The highest BCUT2D eigenvalue weighted by Crippen LogP contribution is 2.37. The van der Waals surface area contributed by atoms with E-state index in [1.165, 1.54) is 16.9 Å². The van der Waals surface area contributed by atoms with E-state index in [0.717, 1.165) is 22.5 Å². The number of nitrogens with zero attached hydrogens (tertiary/aromatic N) is 2. The topological polar surface area (TPSA) is 57.5 Å². The zero-order valence-electron chi connectivity index (χ0n) is 13.0. The van der Waals surface area contributed by atoms with Crippen LogP contribution < -0.4 is 5.32 Å². The van der Waals surface area contributed by atoms with Crippen molar-refractivity contribution in [1.29, 1.82) is 0 Å². The molecule has 0 aliphatic carbocycles. The molecule has 0 bridgehead atoms. The van der Waals surface area contributed by atoms with Gasteiger partial charge in [-0.15, -0.1) is 0 Å². The van der Waals surface area contributed by atoms with E-state index in [0.29, 0.717) is 10.0 Å². The van der Waals surface area contributed by atoms with Crippen LogP contribution in [0, 0.1) is 6.92 Å². The molecule has 0 saturated heterocycles. The number of aliphatic imine (C=N–C) groups is 1. The van der Waals surface area contributed by atoms with Crippen molar-refractivity contribution < 1.29 is 5.11 Å². The molecule has 2 heterocycles. The number of rotatable bonds is 3. The maximum absolute atomic E-state index is 10.1. The van der Waals surface area contributed by atoms with E-state index in [4.69, 9.17) is 0 Å². The molecule has 0 atom stereocenters. The quantitative estimate of drug-likeness (QED) is 0.696. The molecular formula is C19H15N3OS. The highest BCUT2D eigenvalue weighted by atomic mass is 32.1. The van der Waals surface area contributed by atoms with E-state index < -0.39 is 0 Å². The first-order valence-corrected chi connectivity index (χ1v) is 8.39. The Morgan fingerprint density at radius 2 is 1.88 bits per heavy atom. The van der Waals surface area contributed by atoms with Gasteiger partial charge in [-0.05, 0) is 31.2 Å². The van der Waals surface area contributed by atoms with Crippen LogP contribution in [0.25, 0.3) is 11.6 Å². The standard InChI is InChI=1S/C19H15N3OS/c1-12-6-8-14(9-7-12)21-19-22-18(23)17(24-19)10-13-11-20-16-5-3-2-4-15(13)16/h2-11,23H,1H3,(H,21,22). The smallest absolute Gasteiger partial charge is 0.231 e. The summed E-state index contributed by atoms with van der Waals surface area (Å²) >= 11 is 1.41. The molecule has 3 aromatic rings. The highest BCUT2D eigenvalue weighted by molar-refractivity contribution is 7.16. The highest BCUT2D eigenvalue weighted by Gasteiger charge is 2.14. The summed E-state index contributed by atoms with van der Waals surface area (Å²) in [5.41, 5.74) is 5.14. The average molecular weight is 333 g/mol. The van der Waals surface area contributed by atoms with Crippen molar-refractivity contribution in [2.24, 2.45) is 4.99 Å². The molecular weight excluding hydrogens is 318 g/mol. The van der Waals surface area contributed by atoms with Gasteiger partial charge in [0.25, 0.3) is 0 Å². The molecule has 4 nitrogen and oxygen atoms in total. The number of hydrogen-bond donors (Lipinski definition) is 2. The Morgan fingerprint density at radius 1 is 1.08 bits per heavy atom. The Labute approximate surface area is 143 Å². The van der Waals surface area contributed by atoms with E-state index in [1.807, 2.05) is 67.7 Å². The van der Waals surface area contributed by atoms with Crippen molar-refractivity contribution >= 4 is 45.7 Å². The van der Waals surface area contributed by atoms with Gasteiger partial charge in [-0.25, -0.2) is 0 Å². The van der Waals surface area contributed by atoms with Crippen LogP contribution in [0.3, 0.4) is 0 Å². The number of hydrogen-bond acceptors (Lipinski definition) is 5. The number of fused-ring (bicyclic) bond motifs is 1. The maximum atomic E-state index is 10.1. The number of aromatic hydroxyl groups is 1. The van der Waals surface area contributed by atoms with Gasteiger partial charge in [-0.2, -0.15) is 4.98 Å². The Kier molecular flexibility index (Phi) is 3.63. The van der Waals surface area contributed by atoms with Crippen LogP contribution in [0.2, 0.25) is 0 Å². The van der Waals surface area contributed by atoms with Crippen LogP contribution in [0.15, 0.2) is 53.5 Å². The predicted octanol–water partition coefficient (Wildman–Crippen LogP) is 5.16. The van der Waals surface area contributed by atoms with Crippen LogP contribution in [-0.4, -0.2) is 16.3 Å². The van der Waals surface area contributed by atoms with Crippen molar-refractivity contribution in [3.05, 3.63) is 64.5 Å². The second kappa shape index (κ2) is 5.94. The first-order valence-electron chi connectivity index (χ1n) is 7.58. The number of benzene rings is 2. The summed E-state index contributed by atoms with van der Waals surface area (Å²) in [6.45, 7) is 2.05. The molecule has 1 aromatic heterocycles. The lowest BCUT2D eigenvalue weighted by Gasteiger charge is -2.01. The first kappa shape index (κ1) is 14.7. The summed E-state index contributed by atoms with van der Waals surface area (Å²) in [6.07, 6.45) is 3.74. The van der Waals surface area contributed by atoms with Crippen LogP contribution in [-0.2, 0) is 0 Å². The van der Waals surface area contributed by atoms with E-state index in [-0.39, 0.29) is 5.88 Å². The normalized spacial score (nSPS) is 14.1. The minimum atomic E-state index is 0.0277. The molecule has 2 N–H and O–H groups in total. The van der Waals surface area contributed by atoms with Crippen LogP contribution in [0.1, 0.15) is 16.0 Å². The summed E-state index contributed by atoms with van der Waals surface area (Å²) in [4.78, 5) is 9.29. The van der Waals surface area contributed by atoms with Crippen LogP contribution >= 0.6 is 11.3 Å². The molecule has 118 valence electrons. The zero-order chi connectivity index (χ0) is 16.5. The molecule has 5 heteroatoms. The molecule has 0 spiro atoms. The molecule has 24 heavy (non-hydrogen) atoms. The second-order valence-electron chi connectivity index (χ2n) is 5.57. The summed E-state index contributed by atoms with van der Waals surface area (Å²) in [5.74, 6) is 0.0277. The molecule has 0 radical (unpaired) electrons. The molecule has 4 rings (SSSR count). The molecule has 1 aliphatic heterocycles. The Balaban J connectivity index is 1.62. The number of aryl methyl sites for hydroxylation is 1. The summed E-state index contributed by atoms with van der Waals surface area (Å²) in [5, 5.41) is 14.0. The van der Waals surface area contributed by atoms with E-state index in [2.05, 4.69) is 15.3 Å². The number of allylic oxidation sites excluding steroid dienone is 1. The van der Waals surface area contributed by atoms with Gasteiger partial charge in [0.15, 0.2) is 5.13 Å². The second-order valence-corrected chi connectivity index (χ2v) is 6.60. The lowest BCUT2D eigenvalue weighted by molar-refractivity contribution is 0.457. The van der Waals surface area contributed by atoms with Gasteiger partial charge in [-0.3, -0.25) is 4.99 Å². The van der Waals surface area contributed by atoms with E-state index >= 15 is 0 Å². The van der Waals surface area contributed by atoms with Gasteiger partial charge in [0.1, 0.15) is 0 Å². The Hall–Kier alpha value is -2.92. The number of para-hydroxylation sites is 1. The molecule has 0 amide bonds. The first-order chi connectivity index (χ1) is 11.7. The number of nitrogens with one attached hydrogen (secondary N) is 1. The average Bonchev–Trinajstić information content (AvgIpc) is 3.14. The fourth-order valence-electron chi connectivity index (χ4n) is 2.53. The molecule has 2 aromatic carbocycles. The predicted molar refractivity (Wildman–Crippen MR) is 101 cm³/mol. The summed E-state index contributed by atoms with van der Waals surface area (Å²) in [7, 11) is 0. The lowest BCUT2D eigenvalue weighted by atomic mass is 10.1. The van der Waals surface area contributed by atoms with Gasteiger partial charge >= 0.3 is 0 Å². The van der Waals surface area contributed by atoms with Crippen molar-refractivity contribution in [2.45, 2.75) is 6.92 Å². The van der Waals surface area contributed by atoms with E-state index in [1.54, 1.807) is 0 Å². The largest absolute Gasteiger partial charge is 0.492 e. The van der Waals surface area contributed by atoms with Gasteiger partial charge in [0.05, 0.1) is 10.6 Å². The number of thiazole rings is 1. The van der Waals surface area contributed by atoms with Crippen molar-refractivity contribution in [3.63, 3.8) is 0 Å².